The van der Waals surface area contributed by atoms with E-state index in [1.807, 2.05) is 0 Å². The molecule has 2 rings (SSSR count). The Balaban J connectivity index is 2.19. The van der Waals surface area contributed by atoms with Crippen molar-refractivity contribution in [3.05, 3.63) is 23.8 Å². The Labute approximate surface area is 129 Å². The number of rotatable bonds is 2. The smallest absolute Gasteiger partial charge is 0.310 e. The van der Waals surface area contributed by atoms with Crippen LogP contribution in [-0.2, 0) is 14.0 Å². The van der Waals surface area contributed by atoms with E-state index >= 15 is 0 Å². The van der Waals surface area contributed by atoms with Crippen LogP contribution in [0.4, 0.5) is 0 Å². The van der Waals surface area contributed by atoms with Crippen molar-refractivity contribution in [1.82, 2.24) is 0 Å². The summed E-state index contributed by atoms with van der Waals surface area (Å²) in [6, 6.07) is 0. The van der Waals surface area contributed by atoms with E-state index in [2.05, 4.69) is 53.4 Å². The highest BCUT2D eigenvalue weighted by Gasteiger charge is 2.43. The zero-order chi connectivity index (χ0) is 16.0. The number of fused-ring (bicyclic) bond motifs is 1. The second kappa shape index (κ2) is 5.40. The van der Waals surface area contributed by atoms with Crippen LogP contribution in [-0.4, -0.2) is 26.5 Å². The molecular weight excluding hydrogens is 280 g/mol. The van der Waals surface area contributed by atoms with E-state index < -0.39 is 8.32 Å². The molecule has 0 bridgehead atoms. The van der Waals surface area contributed by atoms with Crippen LogP contribution in [0, 0.1) is 5.92 Å². The molecule has 0 aromatic rings. The Bertz CT molecular complexity index is 485. The summed E-state index contributed by atoms with van der Waals surface area (Å²) < 4.78 is 12.0. The zero-order valence-corrected chi connectivity index (χ0v) is 15.2. The molecule has 1 heterocycles. The van der Waals surface area contributed by atoms with Gasteiger partial charge in [0.05, 0.1) is 12.5 Å². The maximum absolute atomic E-state index is 11.5. The molecule has 0 aromatic carbocycles. The number of esters is 1. The molecule has 3 nitrogen and oxygen atoms in total. The number of ether oxygens (including phenoxy) is 1. The van der Waals surface area contributed by atoms with E-state index in [0.717, 1.165) is 12.0 Å². The molecule has 0 unspecified atom stereocenters. The minimum absolute atomic E-state index is 0.126. The second-order valence-corrected chi connectivity index (χ2v) is 12.7. The third-order valence-electron chi connectivity index (χ3n) is 5.21. The van der Waals surface area contributed by atoms with E-state index in [9.17, 15) is 4.79 Å². The molecule has 0 saturated carbocycles. The van der Waals surface area contributed by atoms with E-state index in [1.54, 1.807) is 0 Å². The average Bonchev–Trinajstić information content (AvgIpc) is 2.29. The number of carbonyl (C=O) groups is 1. The minimum Gasteiger partial charge on any atom is -0.457 e. The summed E-state index contributed by atoms with van der Waals surface area (Å²) >= 11 is 0. The highest BCUT2D eigenvalue weighted by Crippen LogP contribution is 2.42. The van der Waals surface area contributed by atoms with Crippen molar-refractivity contribution in [1.29, 1.82) is 0 Å². The molecule has 0 N–H and O–H groups in total. The first kappa shape index (κ1) is 16.5. The van der Waals surface area contributed by atoms with Gasteiger partial charge >= 0.3 is 5.97 Å². The molecule has 4 heteroatoms. The fourth-order valence-corrected chi connectivity index (χ4v) is 4.08. The lowest BCUT2D eigenvalue weighted by molar-refractivity contribution is -0.152. The van der Waals surface area contributed by atoms with Gasteiger partial charge in [0, 0.05) is 5.92 Å². The summed E-state index contributed by atoms with van der Waals surface area (Å²) in [6.07, 6.45) is 3.28. The molecule has 0 amide bonds. The molecule has 1 fully saturated rings. The molecule has 1 saturated heterocycles. The summed E-state index contributed by atoms with van der Waals surface area (Å²) in [4.78, 5) is 11.5. The van der Waals surface area contributed by atoms with Gasteiger partial charge in [0.2, 0.25) is 0 Å². The molecule has 0 aromatic heterocycles. The Morgan fingerprint density at radius 1 is 1.38 bits per heavy atom. The van der Waals surface area contributed by atoms with E-state index in [1.165, 1.54) is 5.57 Å². The van der Waals surface area contributed by atoms with Crippen LogP contribution in [0.1, 0.15) is 40.5 Å². The third kappa shape index (κ3) is 3.32. The van der Waals surface area contributed by atoms with Gasteiger partial charge in [-0.25, -0.2) is 0 Å². The molecular formula is C17H28O3Si. The molecule has 0 spiro atoms. The number of hydrogen-bond acceptors (Lipinski definition) is 3. The maximum atomic E-state index is 11.5. The summed E-state index contributed by atoms with van der Waals surface area (Å²) in [5.41, 5.74) is 2.17. The lowest BCUT2D eigenvalue weighted by Gasteiger charge is -2.44. The van der Waals surface area contributed by atoms with Gasteiger partial charge in [-0.1, -0.05) is 32.9 Å². The van der Waals surface area contributed by atoms with Crippen LogP contribution in [0.3, 0.4) is 0 Å². The van der Waals surface area contributed by atoms with Crippen LogP contribution in [0.15, 0.2) is 23.8 Å². The van der Waals surface area contributed by atoms with Crippen molar-refractivity contribution in [3.63, 3.8) is 0 Å². The van der Waals surface area contributed by atoms with Gasteiger partial charge in [-0.2, -0.15) is 0 Å². The van der Waals surface area contributed by atoms with Crippen LogP contribution in [0.5, 0.6) is 0 Å². The molecule has 2 aliphatic rings. The SMILES string of the molecule is C=C1CC(=O)O[C@@H]2C=C(C)[C@H](O[Si](C)(C)C(C)(C)C)C[C@H]12. The van der Waals surface area contributed by atoms with Gasteiger partial charge in [0.1, 0.15) is 6.10 Å². The fraction of sp³-hybridized carbons (Fsp3) is 0.706. The van der Waals surface area contributed by atoms with Gasteiger partial charge in [0.15, 0.2) is 8.32 Å². The van der Waals surface area contributed by atoms with Crippen molar-refractivity contribution in [3.8, 4) is 0 Å². The maximum Gasteiger partial charge on any atom is 0.310 e. The minimum atomic E-state index is -1.80. The fourth-order valence-electron chi connectivity index (χ4n) is 2.73. The molecule has 21 heavy (non-hydrogen) atoms. The molecule has 1 aliphatic carbocycles. The Morgan fingerprint density at radius 2 is 2.00 bits per heavy atom. The summed E-state index contributed by atoms with van der Waals surface area (Å²) in [5, 5.41) is 0.195. The molecule has 1 aliphatic heterocycles. The molecule has 118 valence electrons. The van der Waals surface area contributed by atoms with Crippen LogP contribution in [0.2, 0.25) is 18.1 Å². The molecule has 3 atom stereocenters. The highest BCUT2D eigenvalue weighted by atomic mass is 28.4. The second-order valence-electron chi connectivity index (χ2n) is 7.91. The lowest BCUT2D eigenvalue weighted by atomic mass is 9.79. The first-order chi connectivity index (χ1) is 9.51. The van der Waals surface area contributed by atoms with Crippen LogP contribution >= 0.6 is 0 Å². The van der Waals surface area contributed by atoms with Gasteiger partial charge in [0.25, 0.3) is 0 Å². The predicted molar refractivity (Wildman–Crippen MR) is 87.6 cm³/mol. The predicted octanol–water partition coefficient (Wildman–Crippen LogP) is 4.21. The van der Waals surface area contributed by atoms with Crippen molar-refractivity contribution < 1.29 is 14.0 Å². The largest absolute Gasteiger partial charge is 0.457 e. The van der Waals surface area contributed by atoms with Crippen LogP contribution < -0.4 is 0 Å². The van der Waals surface area contributed by atoms with Gasteiger partial charge < -0.3 is 9.16 Å². The highest BCUT2D eigenvalue weighted by molar-refractivity contribution is 6.74. The van der Waals surface area contributed by atoms with E-state index in [0.29, 0.717) is 6.42 Å². The quantitative estimate of drug-likeness (QED) is 0.435. The van der Waals surface area contributed by atoms with Crippen LogP contribution in [0.25, 0.3) is 0 Å². The first-order valence-corrected chi connectivity index (χ1v) is 10.7. The van der Waals surface area contributed by atoms with Crippen molar-refractivity contribution in [2.24, 2.45) is 5.92 Å². The van der Waals surface area contributed by atoms with E-state index in [-0.39, 0.29) is 29.1 Å². The normalized spacial score (nSPS) is 30.6. The third-order valence-corrected chi connectivity index (χ3v) is 9.69. The average molecular weight is 308 g/mol. The molecule has 0 radical (unpaired) electrons. The lowest BCUT2D eigenvalue weighted by Crippen LogP contribution is -2.47. The van der Waals surface area contributed by atoms with Gasteiger partial charge in [-0.3, -0.25) is 4.79 Å². The number of carbonyl (C=O) groups excluding carboxylic acids is 1. The van der Waals surface area contributed by atoms with E-state index in [4.69, 9.17) is 9.16 Å². The monoisotopic (exact) mass is 308 g/mol. The number of hydrogen-bond donors (Lipinski definition) is 0. The standard InChI is InChI=1S/C17H28O3Si/c1-11-9-16(18)19-15-8-12(2)14(10-13(11)15)20-21(6,7)17(3,4)5/h8,13-15H,1,9-10H2,2-7H3/t13-,14-,15-/m1/s1. The van der Waals surface area contributed by atoms with Crippen molar-refractivity contribution >= 4 is 14.3 Å². The topological polar surface area (TPSA) is 35.5 Å². The van der Waals surface area contributed by atoms with Crippen molar-refractivity contribution in [2.75, 3.05) is 0 Å². The summed E-state index contributed by atoms with van der Waals surface area (Å²) in [6.45, 7) is 17.5. The Kier molecular flexibility index (Phi) is 4.24. The Hall–Kier alpha value is -0.873. The summed E-state index contributed by atoms with van der Waals surface area (Å²) in [5.74, 6) is 0.0511. The zero-order valence-electron chi connectivity index (χ0n) is 14.2. The summed E-state index contributed by atoms with van der Waals surface area (Å²) in [7, 11) is -1.80. The van der Waals surface area contributed by atoms with Gasteiger partial charge in [-0.05, 0) is 43.1 Å². The first-order valence-electron chi connectivity index (χ1n) is 7.74. The van der Waals surface area contributed by atoms with Crippen molar-refractivity contribution in [2.45, 2.75) is 70.9 Å². The van der Waals surface area contributed by atoms with Gasteiger partial charge in [-0.15, -0.1) is 0 Å². The Morgan fingerprint density at radius 3 is 2.57 bits per heavy atom.